The summed E-state index contributed by atoms with van der Waals surface area (Å²) in [4.78, 5) is 11.9. The van der Waals surface area contributed by atoms with Crippen LogP contribution < -0.4 is 11.1 Å². The Kier molecular flexibility index (Phi) is 6.34. The highest BCUT2D eigenvalue weighted by atomic mass is 32.2. The van der Waals surface area contributed by atoms with Gasteiger partial charge in [-0.05, 0) is 37.9 Å². The third-order valence-corrected chi connectivity index (χ3v) is 4.46. The van der Waals surface area contributed by atoms with E-state index in [9.17, 15) is 4.79 Å². The van der Waals surface area contributed by atoms with Crippen LogP contribution in [0.25, 0.3) is 0 Å². The highest BCUT2D eigenvalue weighted by molar-refractivity contribution is 7.99. The number of thioether (sulfide) groups is 1. The number of rotatable bonds is 5. The van der Waals surface area contributed by atoms with Crippen LogP contribution in [0.4, 0.5) is 0 Å². The van der Waals surface area contributed by atoms with E-state index in [1.54, 1.807) is 0 Å². The fourth-order valence-electron chi connectivity index (χ4n) is 2.41. The molecular formula is C13H26N2OS. The number of nitrogens with one attached hydrogen (secondary N) is 1. The van der Waals surface area contributed by atoms with Gasteiger partial charge < -0.3 is 11.1 Å². The van der Waals surface area contributed by atoms with E-state index >= 15 is 0 Å². The molecule has 3 nitrogen and oxygen atoms in total. The van der Waals surface area contributed by atoms with E-state index in [0.717, 1.165) is 19.3 Å². The van der Waals surface area contributed by atoms with Gasteiger partial charge in [-0.25, -0.2) is 0 Å². The number of hydrogen-bond donors (Lipinski definition) is 2. The van der Waals surface area contributed by atoms with Crippen molar-refractivity contribution in [1.82, 2.24) is 5.32 Å². The van der Waals surface area contributed by atoms with Crippen molar-refractivity contribution in [3.63, 3.8) is 0 Å². The van der Waals surface area contributed by atoms with Crippen LogP contribution in [0.5, 0.6) is 0 Å². The maximum Gasteiger partial charge on any atom is 0.237 e. The van der Waals surface area contributed by atoms with E-state index < -0.39 is 0 Å². The van der Waals surface area contributed by atoms with Gasteiger partial charge in [-0.15, -0.1) is 0 Å². The number of carbonyl (C=O) groups is 1. The molecule has 1 aliphatic rings. The van der Waals surface area contributed by atoms with Crippen LogP contribution in [-0.4, -0.2) is 29.5 Å². The molecule has 1 amide bonds. The zero-order valence-corrected chi connectivity index (χ0v) is 12.1. The first-order valence-electron chi connectivity index (χ1n) is 6.61. The Balaban J connectivity index is 2.34. The van der Waals surface area contributed by atoms with Gasteiger partial charge in [0.05, 0.1) is 6.04 Å². The lowest BCUT2D eigenvalue weighted by molar-refractivity contribution is -0.123. The summed E-state index contributed by atoms with van der Waals surface area (Å²) in [5, 5.41) is 3.82. The molecule has 3 atom stereocenters. The first-order valence-corrected chi connectivity index (χ1v) is 7.90. The summed E-state index contributed by atoms with van der Waals surface area (Å²) in [5.74, 6) is 0.506. The van der Waals surface area contributed by atoms with Crippen LogP contribution in [0, 0.1) is 5.92 Å². The van der Waals surface area contributed by atoms with Gasteiger partial charge in [-0.1, -0.05) is 20.3 Å². The van der Waals surface area contributed by atoms with Gasteiger partial charge in [0.15, 0.2) is 0 Å². The summed E-state index contributed by atoms with van der Waals surface area (Å²) < 4.78 is 0. The third kappa shape index (κ3) is 5.30. The normalized spacial score (nSPS) is 26.9. The molecule has 1 rings (SSSR count). The van der Waals surface area contributed by atoms with Crippen LogP contribution in [-0.2, 0) is 4.79 Å². The average molecular weight is 258 g/mol. The Labute approximate surface area is 109 Å². The summed E-state index contributed by atoms with van der Waals surface area (Å²) in [7, 11) is 0. The van der Waals surface area contributed by atoms with Crippen molar-refractivity contribution in [3.05, 3.63) is 0 Å². The topological polar surface area (TPSA) is 55.1 Å². The molecule has 0 radical (unpaired) electrons. The second-order valence-electron chi connectivity index (χ2n) is 5.47. The van der Waals surface area contributed by atoms with E-state index in [1.165, 1.54) is 12.8 Å². The quantitative estimate of drug-likeness (QED) is 0.794. The average Bonchev–Trinajstić information content (AvgIpc) is 2.28. The van der Waals surface area contributed by atoms with E-state index in [0.29, 0.717) is 17.2 Å². The van der Waals surface area contributed by atoms with E-state index in [-0.39, 0.29) is 11.9 Å². The highest BCUT2D eigenvalue weighted by Crippen LogP contribution is 2.26. The molecule has 0 saturated heterocycles. The molecule has 1 aliphatic carbocycles. The summed E-state index contributed by atoms with van der Waals surface area (Å²) in [5.41, 5.74) is 5.89. The van der Waals surface area contributed by atoms with Crippen LogP contribution in [0.2, 0.25) is 0 Å². The highest BCUT2D eigenvalue weighted by Gasteiger charge is 2.24. The SMILES string of the molecule is CSC1CCCC(NC(=O)C(N)CC(C)C)C1. The van der Waals surface area contributed by atoms with Gasteiger partial charge in [-0.2, -0.15) is 11.8 Å². The molecule has 0 heterocycles. The molecule has 1 fully saturated rings. The largest absolute Gasteiger partial charge is 0.352 e. The van der Waals surface area contributed by atoms with Crippen molar-refractivity contribution in [3.8, 4) is 0 Å². The Morgan fingerprint density at radius 1 is 1.47 bits per heavy atom. The Hall–Kier alpha value is -0.220. The van der Waals surface area contributed by atoms with Crippen LogP contribution in [0.3, 0.4) is 0 Å². The van der Waals surface area contributed by atoms with Gasteiger partial charge in [0, 0.05) is 11.3 Å². The van der Waals surface area contributed by atoms with Gasteiger partial charge >= 0.3 is 0 Å². The lowest BCUT2D eigenvalue weighted by atomic mass is 9.94. The molecule has 1 saturated carbocycles. The maximum atomic E-state index is 11.9. The third-order valence-electron chi connectivity index (χ3n) is 3.37. The smallest absolute Gasteiger partial charge is 0.237 e. The van der Waals surface area contributed by atoms with Crippen molar-refractivity contribution < 1.29 is 4.79 Å². The molecular weight excluding hydrogens is 232 g/mol. The van der Waals surface area contributed by atoms with Crippen molar-refractivity contribution in [2.24, 2.45) is 11.7 Å². The first kappa shape index (κ1) is 14.8. The molecule has 0 bridgehead atoms. The summed E-state index contributed by atoms with van der Waals surface area (Å²) in [6, 6.07) is -0.00318. The molecule has 0 aliphatic heterocycles. The van der Waals surface area contributed by atoms with Gasteiger partial charge in [0.2, 0.25) is 5.91 Å². The molecule has 0 spiro atoms. The van der Waals surface area contributed by atoms with Gasteiger partial charge in [0.1, 0.15) is 0 Å². The Morgan fingerprint density at radius 3 is 2.76 bits per heavy atom. The number of carbonyl (C=O) groups excluding carboxylic acids is 1. The van der Waals surface area contributed by atoms with Crippen LogP contribution >= 0.6 is 11.8 Å². The predicted molar refractivity (Wildman–Crippen MR) is 75.1 cm³/mol. The minimum atomic E-state index is -0.343. The van der Waals surface area contributed by atoms with Crippen molar-refractivity contribution in [1.29, 1.82) is 0 Å². The molecule has 0 aromatic carbocycles. The fraction of sp³-hybridized carbons (Fsp3) is 0.923. The lowest BCUT2D eigenvalue weighted by Gasteiger charge is -2.29. The number of hydrogen-bond acceptors (Lipinski definition) is 3. The molecule has 0 aromatic heterocycles. The number of amides is 1. The molecule has 3 unspecified atom stereocenters. The molecule has 4 heteroatoms. The second kappa shape index (κ2) is 7.27. The van der Waals surface area contributed by atoms with Crippen molar-refractivity contribution in [2.75, 3.05) is 6.26 Å². The second-order valence-corrected chi connectivity index (χ2v) is 6.60. The standard InChI is InChI=1S/C13H26N2OS/c1-9(2)7-12(14)13(16)15-10-5-4-6-11(8-10)17-3/h9-12H,4-8,14H2,1-3H3,(H,15,16). The van der Waals surface area contributed by atoms with Gasteiger partial charge in [-0.3, -0.25) is 4.79 Å². The Morgan fingerprint density at radius 2 is 2.18 bits per heavy atom. The van der Waals surface area contributed by atoms with E-state index in [2.05, 4.69) is 25.4 Å². The van der Waals surface area contributed by atoms with Crippen LogP contribution in [0.1, 0.15) is 46.0 Å². The first-order chi connectivity index (χ1) is 8.02. The van der Waals surface area contributed by atoms with Crippen molar-refractivity contribution >= 4 is 17.7 Å². The maximum absolute atomic E-state index is 11.9. The van der Waals surface area contributed by atoms with Crippen molar-refractivity contribution in [2.45, 2.75) is 63.3 Å². The summed E-state index contributed by atoms with van der Waals surface area (Å²) >= 11 is 1.91. The summed E-state index contributed by atoms with van der Waals surface area (Å²) in [6.45, 7) is 4.19. The summed E-state index contributed by atoms with van der Waals surface area (Å²) in [6.07, 6.45) is 7.63. The van der Waals surface area contributed by atoms with Gasteiger partial charge in [0.25, 0.3) is 0 Å². The number of nitrogens with two attached hydrogens (primary N) is 1. The minimum absolute atomic E-state index is 0.0328. The minimum Gasteiger partial charge on any atom is -0.352 e. The lowest BCUT2D eigenvalue weighted by Crippen LogP contribution is -2.47. The zero-order valence-electron chi connectivity index (χ0n) is 11.2. The zero-order chi connectivity index (χ0) is 12.8. The fourth-order valence-corrected chi connectivity index (χ4v) is 3.24. The van der Waals surface area contributed by atoms with E-state index in [4.69, 9.17) is 5.73 Å². The Bertz CT molecular complexity index is 246. The van der Waals surface area contributed by atoms with E-state index in [1.807, 2.05) is 11.8 Å². The molecule has 0 aromatic rings. The van der Waals surface area contributed by atoms with Crippen LogP contribution in [0.15, 0.2) is 0 Å². The predicted octanol–water partition coefficient (Wildman–Crippen LogP) is 2.15. The molecule has 3 N–H and O–H groups in total. The monoisotopic (exact) mass is 258 g/mol. The molecule has 100 valence electrons. The molecule has 17 heavy (non-hydrogen) atoms.